The van der Waals surface area contributed by atoms with Gasteiger partial charge in [0.05, 0.1) is 12.4 Å². The van der Waals surface area contributed by atoms with E-state index in [9.17, 15) is 24.3 Å². The summed E-state index contributed by atoms with van der Waals surface area (Å²) in [7, 11) is 0. The maximum atomic E-state index is 13.4. The fraction of sp³-hybridized carbons (Fsp3) is 0.429. The summed E-state index contributed by atoms with van der Waals surface area (Å²) in [6, 6.07) is 3.27. The number of aliphatic imine (C=N–C) groups is 1. The van der Waals surface area contributed by atoms with E-state index >= 15 is 0 Å². The molecule has 1 aromatic carbocycles. The van der Waals surface area contributed by atoms with Gasteiger partial charge in [0.25, 0.3) is 0 Å². The van der Waals surface area contributed by atoms with Gasteiger partial charge in [-0.05, 0) is 36.8 Å². The molecule has 0 radical (unpaired) electrons. The molecule has 0 fully saturated rings. The number of amides is 3. The summed E-state index contributed by atoms with van der Waals surface area (Å²) in [4.78, 5) is 65.4. The minimum Gasteiger partial charge on any atom is -0.480 e. The molecule has 4 atom stereocenters. The number of imidazole rings is 1. The van der Waals surface area contributed by atoms with Crippen LogP contribution in [0.15, 0.2) is 48.0 Å². The Labute approximate surface area is 248 Å². The van der Waals surface area contributed by atoms with Gasteiger partial charge in [0.15, 0.2) is 5.96 Å². The maximum absolute atomic E-state index is 13.4. The Balaban J connectivity index is 1.69. The maximum Gasteiger partial charge on any atom is 0.326 e. The van der Waals surface area contributed by atoms with Crippen molar-refractivity contribution < 1.29 is 24.3 Å². The van der Waals surface area contributed by atoms with Gasteiger partial charge in [-0.3, -0.25) is 19.4 Å². The Morgan fingerprint density at radius 2 is 1.70 bits per heavy atom. The first-order chi connectivity index (χ1) is 20.5. The number of para-hydroxylation sites is 1. The van der Waals surface area contributed by atoms with E-state index in [2.05, 4.69) is 35.9 Å². The molecule has 0 bridgehead atoms. The molecular weight excluding hydrogens is 556 g/mol. The second-order valence-electron chi connectivity index (χ2n) is 10.6. The largest absolute Gasteiger partial charge is 0.480 e. The Bertz CT molecular complexity index is 1410. The monoisotopic (exact) mass is 596 g/mol. The number of carbonyl (C=O) groups excluding carboxylic acids is 3. The molecule has 2 heterocycles. The highest BCUT2D eigenvalue weighted by Crippen LogP contribution is 2.19. The lowest BCUT2D eigenvalue weighted by Crippen LogP contribution is -2.59. The topological polar surface area (TPSA) is 259 Å². The van der Waals surface area contributed by atoms with Crippen molar-refractivity contribution >= 4 is 40.6 Å². The summed E-state index contributed by atoms with van der Waals surface area (Å²) in [6.07, 6.45) is 5.30. The van der Waals surface area contributed by atoms with Crippen molar-refractivity contribution in [2.75, 3.05) is 6.54 Å². The third-order valence-electron chi connectivity index (χ3n) is 6.87. The molecule has 3 rings (SSSR count). The van der Waals surface area contributed by atoms with Gasteiger partial charge in [-0.25, -0.2) is 9.78 Å². The number of aliphatic carboxylic acids is 1. The highest BCUT2D eigenvalue weighted by Gasteiger charge is 2.32. The molecule has 3 aromatic rings. The average molecular weight is 597 g/mol. The molecule has 43 heavy (non-hydrogen) atoms. The predicted octanol–water partition coefficient (Wildman–Crippen LogP) is -0.748. The van der Waals surface area contributed by atoms with Crippen molar-refractivity contribution in [1.29, 1.82) is 0 Å². The number of H-pyrrole nitrogens is 2. The van der Waals surface area contributed by atoms with Crippen LogP contribution in [-0.2, 0) is 32.0 Å². The first kappa shape index (κ1) is 32.6. The fourth-order valence-electron chi connectivity index (χ4n) is 4.55. The lowest BCUT2D eigenvalue weighted by molar-refractivity contribution is -0.142. The van der Waals surface area contributed by atoms with Crippen LogP contribution in [0.5, 0.6) is 0 Å². The standard InChI is InChI=1S/C28H40N10O5/c1-15(2)23(38-24(39)19(29)10-16-12-34-20-7-4-3-6-18(16)20)26(41)37-22(11-17-13-32-14-35-17)25(40)36-21(27(42)43)8-5-9-33-28(30)31/h3-4,6-7,12-15,19,21-23,34H,5,8-11,29H2,1-2H3,(H,32,35)(H,36,40)(H,37,41)(H,38,39)(H,42,43)(H4,30,31,33). The first-order valence-corrected chi connectivity index (χ1v) is 13.9. The number of aromatic amines is 2. The molecule has 0 saturated heterocycles. The number of carbonyl (C=O) groups is 4. The Kier molecular flexibility index (Phi) is 11.6. The second-order valence-corrected chi connectivity index (χ2v) is 10.6. The lowest BCUT2D eigenvalue weighted by atomic mass is 10.00. The molecule has 0 aliphatic carbocycles. The van der Waals surface area contributed by atoms with Crippen LogP contribution in [0.1, 0.15) is 37.9 Å². The van der Waals surface area contributed by atoms with Gasteiger partial charge in [0, 0.05) is 42.0 Å². The van der Waals surface area contributed by atoms with Crippen LogP contribution in [0, 0.1) is 5.92 Å². The van der Waals surface area contributed by atoms with Crippen molar-refractivity contribution in [1.82, 2.24) is 30.9 Å². The minimum atomic E-state index is -1.25. The van der Waals surface area contributed by atoms with Gasteiger partial charge in [0.1, 0.15) is 18.1 Å². The lowest BCUT2D eigenvalue weighted by Gasteiger charge is -2.27. The normalized spacial score (nSPS) is 14.0. The first-order valence-electron chi connectivity index (χ1n) is 13.9. The number of nitrogens with zero attached hydrogens (tertiary/aromatic N) is 2. The molecule has 0 spiro atoms. The van der Waals surface area contributed by atoms with Gasteiger partial charge in [-0.15, -0.1) is 0 Å². The quantitative estimate of drug-likeness (QED) is 0.0571. The number of carboxylic acids is 1. The number of aromatic nitrogens is 3. The second kappa shape index (κ2) is 15.3. The number of carboxylic acid groups (broad SMARTS) is 1. The Hall–Kier alpha value is -4.92. The van der Waals surface area contributed by atoms with Crippen molar-refractivity contribution in [3.05, 3.63) is 54.2 Å². The van der Waals surface area contributed by atoms with Gasteiger partial charge in [-0.2, -0.15) is 0 Å². The number of nitrogens with two attached hydrogens (primary N) is 3. The molecule has 12 N–H and O–H groups in total. The Morgan fingerprint density at radius 1 is 0.977 bits per heavy atom. The van der Waals surface area contributed by atoms with Crippen LogP contribution in [0.25, 0.3) is 10.9 Å². The van der Waals surface area contributed by atoms with Crippen LogP contribution < -0.4 is 33.2 Å². The summed E-state index contributed by atoms with van der Waals surface area (Å²) in [6.45, 7) is 3.68. The number of hydrogen-bond donors (Lipinski definition) is 9. The van der Waals surface area contributed by atoms with Gasteiger partial charge in [0.2, 0.25) is 17.7 Å². The van der Waals surface area contributed by atoms with Gasteiger partial charge >= 0.3 is 5.97 Å². The summed E-state index contributed by atoms with van der Waals surface area (Å²) in [5.41, 5.74) is 19.2. The molecule has 0 aliphatic heterocycles. The van der Waals surface area contributed by atoms with Crippen LogP contribution in [-0.4, -0.2) is 80.4 Å². The number of benzene rings is 1. The average Bonchev–Trinajstić information content (AvgIpc) is 3.62. The number of guanidine groups is 1. The van der Waals surface area contributed by atoms with Gasteiger partial charge < -0.3 is 48.2 Å². The van der Waals surface area contributed by atoms with E-state index in [1.54, 1.807) is 20.0 Å². The molecule has 0 aliphatic rings. The minimum absolute atomic E-state index is 0.00322. The van der Waals surface area contributed by atoms with E-state index in [1.165, 1.54) is 12.5 Å². The highest BCUT2D eigenvalue weighted by atomic mass is 16.4. The van der Waals surface area contributed by atoms with Crippen molar-refractivity contribution in [2.24, 2.45) is 28.1 Å². The zero-order valence-corrected chi connectivity index (χ0v) is 24.2. The van der Waals surface area contributed by atoms with E-state index in [1.807, 2.05) is 24.3 Å². The summed E-state index contributed by atoms with van der Waals surface area (Å²) in [5.74, 6) is -3.60. The van der Waals surface area contributed by atoms with E-state index in [0.717, 1.165) is 16.5 Å². The molecular formula is C28H40N10O5. The SMILES string of the molecule is CC(C)C(NC(=O)C(N)Cc1c[nH]c2ccccc12)C(=O)NC(Cc1cnc[nH]1)C(=O)NC(CCCN=C(N)N)C(=O)O. The summed E-state index contributed by atoms with van der Waals surface area (Å²) in [5, 5.41) is 18.5. The Morgan fingerprint density at radius 3 is 2.35 bits per heavy atom. The number of fused-ring (bicyclic) bond motifs is 1. The third kappa shape index (κ3) is 9.56. The highest BCUT2D eigenvalue weighted by molar-refractivity contribution is 5.94. The van der Waals surface area contributed by atoms with E-state index in [-0.39, 0.29) is 37.7 Å². The molecule has 4 unspecified atom stereocenters. The van der Waals surface area contributed by atoms with E-state index < -0.39 is 47.9 Å². The third-order valence-corrected chi connectivity index (χ3v) is 6.87. The van der Waals surface area contributed by atoms with Crippen molar-refractivity contribution in [3.8, 4) is 0 Å². The van der Waals surface area contributed by atoms with Gasteiger partial charge in [-0.1, -0.05) is 32.0 Å². The number of nitrogens with one attached hydrogen (secondary N) is 5. The zero-order valence-electron chi connectivity index (χ0n) is 24.2. The molecule has 232 valence electrons. The van der Waals surface area contributed by atoms with Crippen molar-refractivity contribution in [2.45, 2.75) is 63.7 Å². The van der Waals surface area contributed by atoms with Crippen molar-refractivity contribution in [3.63, 3.8) is 0 Å². The smallest absolute Gasteiger partial charge is 0.326 e. The molecule has 0 saturated carbocycles. The van der Waals surface area contributed by atoms with Crippen LogP contribution in [0.4, 0.5) is 0 Å². The molecule has 15 heteroatoms. The summed E-state index contributed by atoms with van der Waals surface area (Å²) < 4.78 is 0. The fourth-order valence-corrected chi connectivity index (χ4v) is 4.55. The molecule has 15 nitrogen and oxygen atoms in total. The van der Waals surface area contributed by atoms with E-state index in [4.69, 9.17) is 17.2 Å². The predicted molar refractivity (Wildman–Crippen MR) is 160 cm³/mol. The molecule has 3 amide bonds. The number of hydrogen-bond acceptors (Lipinski definition) is 7. The van der Waals surface area contributed by atoms with Crippen LogP contribution in [0.3, 0.4) is 0 Å². The molecule has 2 aromatic heterocycles. The zero-order chi connectivity index (χ0) is 31.5. The van der Waals surface area contributed by atoms with E-state index in [0.29, 0.717) is 12.1 Å². The van der Waals surface area contributed by atoms with Crippen LogP contribution >= 0.6 is 0 Å². The summed E-state index contributed by atoms with van der Waals surface area (Å²) >= 11 is 0. The number of rotatable bonds is 16. The van der Waals surface area contributed by atoms with Crippen LogP contribution in [0.2, 0.25) is 0 Å².